The van der Waals surface area contributed by atoms with Crippen molar-refractivity contribution in [3.05, 3.63) is 29.8 Å². The number of carbonyl (C=O) groups excluding carboxylic acids is 1. The highest BCUT2D eigenvalue weighted by molar-refractivity contribution is 7.89. The van der Waals surface area contributed by atoms with E-state index in [4.69, 9.17) is 0 Å². The van der Waals surface area contributed by atoms with Crippen molar-refractivity contribution in [2.24, 2.45) is 0 Å². The van der Waals surface area contributed by atoms with Crippen molar-refractivity contribution >= 4 is 15.9 Å². The molecule has 1 heterocycles. The molecule has 1 saturated heterocycles. The minimum absolute atomic E-state index is 0.00883. The molecule has 1 aromatic rings. The molecule has 27 heavy (non-hydrogen) atoms. The van der Waals surface area contributed by atoms with Crippen molar-refractivity contribution in [3.63, 3.8) is 0 Å². The number of benzene rings is 1. The highest BCUT2D eigenvalue weighted by atomic mass is 32.2. The van der Waals surface area contributed by atoms with Gasteiger partial charge in [0.1, 0.15) is 0 Å². The zero-order valence-corrected chi connectivity index (χ0v) is 17.6. The molecule has 6 nitrogen and oxygen atoms in total. The minimum Gasteiger partial charge on any atom is -0.352 e. The fraction of sp³-hybridized carbons (Fsp3) is 0.650. The first-order valence-electron chi connectivity index (χ1n) is 9.74. The van der Waals surface area contributed by atoms with E-state index in [9.17, 15) is 13.2 Å². The third-order valence-electron chi connectivity index (χ3n) is 5.48. The Kier molecular flexibility index (Phi) is 5.66. The first kappa shape index (κ1) is 20.3. The number of nitrogens with zero attached hydrogens (tertiary/aromatic N) is 2. The molecule has 1 aromatic carbocycles. The first-order chi connectivity index (χ1) is 12.6. The highest BCUT2D eigenvalue weighted by Crippen LogP contribution is 2.25. The zero-order chi connectivity index (χ0) is 19.8. The molecule has 1 N–H and O–H groups in total. The van der Waals surface area contributed by atoms with Crippen LogP contribution in [0.2, 0.25) is 0 Å². The number of carbonyl (C=O) groups is 1. The Labute approximate surface area is 163 Å². The Morgan fingerprint density at radius 1 is 1.07 bits per heavy atom. The van der Waals surface area contributed by atoms with E-state index in [0.29, 0.717) is 37.1 Å². The zero-order valence-electron chi connectivity index (χ0n) is 16.7. The van der Waals surface area contributed by atoms with Crippen LogP contribution in [0.5, 0.6) is 0 Å². The summed E-state index contributed by atoms with van der Waals surface area (Å²) in [6.07, 6.45) is 2.14. The van der Waals surface area contributed by atoms with E-state index in [1.807, 2.05) is 19.1 Å². The number of nitrogens with one attached hydrogen (secondary N) is 1. The van der Waals surface area contributed by atoms with Crippen LogP contribution in [0, 0.1) is 0 Å². The Hall–Kier alpha value is -1.44. The van der Waals surface area contributed by atoms with Gasteiger partial charge < -0.3 is 5.32 Å². The number of hydrogen-bond acceptors (Lipinski definition) is 4. The lowest BCUT2D eigenvalue weighted by Crippen LogP contribution is -2.55. The summed E-state index contributed by atoms with van der Waals surface area (Å²) < 4.78 is 27.4. The van der Waals surface area contributed by atoms with Crippen LogP contribution in [-0.2, 0) is 20.2 Å². The smallest absolute Gasteiger partial charge is 0.243 e. The Morgan fingerprint density at radius 2 is 1.63 bits per heavy atom. The van der Waals surface area contributed by atoms with Crippen molar-refractivity contribution in [1.82, 2.24) is 14.5 Å². The molecule has 0 aromatic heterocycles. The van der Waals surface area contributed by atoms with Crippen molar-refractivity contribution in [3.8, 4) is 0 Å². The van der Waals surface area contributed by atoms with Crippen LogP contribution in [0.3, 0.4) is 0 Å². The molecule has 1 aliphatic carbocycles. The Balaban J connectivity index is 1.61. The standard InChI is InChI=1S/C20H31N3O3S/c1-15(19(24)21-17-7-8-17)22-11-13-23(14-12-22)27(25,26)18-9-5-16(6-10-18)20(2,3)4/h5-6,9-10,15,17H,7-8,11-14H2,1-4H3,(H,21,24)/t15-/m0/s1. The summed E-state index contributed by atoms with van der Waals surface area (Å²) in [5.41, 5.74) is 1.10. The molecule has 1 atom stereocenters. The monoisotopic (exact) mass is 393 g/mol. The fourth-order valence-electron chi connectivity index (χ4n) is 3.32. The summed E-state index contributed by atoms with van der Waals surface area (Å²) in [6.45, 7) is 10.2. The molecular formula is C20H31N3O3S. The maximum absolute atomic E-state index is 12.9. The topological polar surface area (TPSA) is 69.7 Å². The third-order valence-corrected chi connectivity index (χ3v) is 7.40. The van der Waals surface area contributed by atoms with Crippen molar-refractivity contribution in [2.75, 3.05) is 26.2 Å². The van der Waals surface area contributed by atoms with Crippen LogP contribution in [-0.4, -0.2) is 61.8 Å². The quantitative estimate of drug-likeness (QED) is 0.830. The second kappa shape index (κ2) is 7.53. The molecule has 1 saturated carbocycles. The van der Waals surface area contributed by atoms with Gasteiger partial charge in [0.25, 0.3) is 0 Å². The lowest BCUT2D eigenvalue weighted by atomic mass is 9.87. The van der Waals surface area contributed by atoms with Gasteiger partial charge in [0.15, 0.2) is 0 Å². The van der Waals surface area contributed by atoms with E-state index >= 15 is 0 Å². The van der Waals surface area contributed by atoms with Crippen molar-refractivity contribution in [1.29, 1.82) is 0 Å². The van der Waals surface area contributed by atoms with E-state index in [2.05, 4.69) is 31.0 Å². The van der Waals surface area contributed by atoms with Crippen LogP contribution in [0.4, 0.5) is 0 Å². The van der Waals surface area contributed by atoms with Crippen LogP contribution in [0.15, 0.2) is 29.2 Å². The van der Waals surface area contributed by atoms with Gasteiger partial charge in [-0.3, -0.25) is 9.69 Å². The number of sulfonamides is 1. The van der Waals surface area contributed by atoms with Gasteiger partial charge in [-0.1, -0.05) is 32.9 Å². The van der Waals surface area contributed by atoms with Gasteiger partial charge in [-0.25, -0.2) is 8.42 Å². The predicted octanol–water partition coefficient (Wildman–Crippen LogP) is 1.96. The molecule has 1 amide bonds. The first-order valence-corrected chi connectivity index (χ1v) is 11.2. The van der Waals surface area contributed by atoms with E-state index in [0.717, 1.165) is 18.4 Å². The molecule has 0 bridgehead atoms. The summed E-state index contributed by atoms with van der Waals surface area (Å²) in [6, 6.07) is 7.32. The summed E-state index contributed by atoms with van der Waals surface area (Å²) in [7, 11) is -3.50. The van der Waals surface area contributed by atoms with Gasteiger partial charge >= 0.3 is 0 Å². The van der Waals surface area contributed by atoms with Crippen molar-refractivity contribution in [2.45, 2.75) is 62.9 Å². The van der Waals surface area contributed by atoms with E-state index in [1.54, 1.807) is 12.1 Å². The molecule has 3 rings (SSSR count). The molecule has 1 aliphatic heterocycles. The van der Waals surface area contributed by atoms with E-state index < -0.39 is 10.0 Å². The Bertz CT molecular complexity index is 772. The lowest BCUT2D eigenvalue weighted by molar-refractivity contribution is -0.126. The summed E-state index contributed by atoms with van der Waals surface area (Å²) in [5, 5.41) is 3.02. The van der Waals surface area contributed by atoms with Crippen LogP contribution in [0.1, 0.15) is 46.1 Å². The minimum atomic E-state index is -3.50. The fourth-order valence-corrected chi connectivity index (χ4v) is 4.74. The van der Waals surface area contributed by atoms with Crippen LogP contribution >= 0.6 is 0 Å². The predicted molar refractivity (Wildman–Crippen MR) is 106 cm³/mol. The van der Waals surface area contributed by atoms with Gasteiger partial charge in [0, 0.05) is 32.2 Å². The maximum atomic E-state index is 12.9. The normalized spacial score (nSPS) is 21.0. The largest absolute Gasteiger partial charge is 0.352 e. The van der Waals surface area contributed by atoms with Gasteiger partial charge in [0.2, 0.25) is 15.9 Å². The summed E-state index contributed by atoms with van der Waals surface area (Å²) in [4.78, 5) is 14.6. The molecule has 7 heteroatoms. The van der Waals surface area contributed by atoms with E-state index in [1.165, 1.54) is 4.31 Å². The van der Waals surface area contributed by atoms with Gasteiger partial charge in [0.05, 0.1) is 10.9 Å². The average molecular weight is 394 g/mol. The number of rotatable bonds is 5. The highest BCUT2D eigenvalue weighted by Gasteiger charge is 2.33. The van der Waals surface area contributed by atoms with Gasteiger partial charge in [-0.15, -0.1) is 0 Å². The molecule has 150 valence electrons. The summed E-state index contributed by atoms with van der Waals surface area (Å²) >= 11 is 0. The third kappa shape index (κ3) is 4.70. The molecule has 0 spiro atoms. The average Bonchev–Trinajstić information content (AvgIpc) is 3.44. The number of piperazine rings is 1. The lowest BCUT2D eigenvalue weighted by Gasteiger charge is -2.36. The molecule has 2 aliphatic rings. The second-order valence-corrected chi connectivity index (χ2v) is 10.6. The van der Waals surface area contributed by atoms with Crippen LogP contribution < -0.4 is 5.32 Å². The maximum Gasteiger partial charge on any atom is 0.243 e. The molecule has 2 fully saturated rings. The number of amides is 1. The van der Waals surface area contributed by atoms with Crippen molar-refractivity contribution < 1.29 is 13.2 Å². The molecule has 0 radical (unpaired) electrons. The second-order valence-electron chi connectivity index (χ2n) is 8.67. The van der Waals surface area contributed by atoms with Crippen LogP contribution in [0.25, 0.3) is 0 Å². The van der Waals surface area contributed by atoms with Gasteiger partial charge in [-0.05, 0) is 42.9 Å². The molecular weight excluding hydrogens is 362 g/mol. The van der Waals surface area contributed by atoms with E-state index in [-0.39, 0.29) is 17.4 Å². The van der Waals surface area contributed by atoms with Gasteiger partial charge in [-0.2, -0.15) is 4.31 Å². The number of hydrogen-bond donors (Lipinski definition) is 1. The molecule has 0 unspecified atom stereocenters. The Morgan fingerprint density at radius 3 is 2.11 bits per heavy atom. The SMILES string of the molecule is C[C@@H](C(=O)NC1CC1)N1CCN(S(=O)(=O)c2ccc(C(C)(C)C)cc2)CC1. The summed E-state index contributed by atoms with van der Waals surface area (Å²) in [5.74, 6) is 0.0478.